The van der Waals surface area contributed by atoms with Crippen molar-refractivity contribution in [2.45, 2.75) is 57.9 Å². The van der Waals surface area contributed by atoms with Gasteiger partial charge in [0.25, 0.3) is 0 Å². The summed E-state index contributed by atoms with van der Waals surface area (Å²) in [7, 11) is 1.60. The van der Waals surface area contributed by atoms with Crippen LogP contribution in [0.3, 0.4) is 0 Å². The largest absolute Gasteiger partial charge is 0.493 e. The summed E-state index contributed by atoms with van der Waals surface area (Å²) in [4.78, 5) is 12.9. The van der Waals surface area contributed by atoms with Crippen LogP contribution < -0.4 is 4.74 Å². The number of aromatic nitrogens is 3. The number of aryl methyl sites for hydroxylation is 3. The van der Waals surface area contributed by atoms with Crippen LogP contribution in [0.25, 0.3) is 32.8 Å². The van der Waals surface area contributed by atoms with E-state index >= 15 is 0 Å². The van der Waals surface area contributed by atoms with Crippen LogP contribution in [0.5, 0.6) is 5.75 Å². The van der Waals surface area contributed by atoms with E-state index in [1.807, 2.05) is 49.4 Å². The number of hydrogen-bond acceptors (Lipinski definition) is 4. The van der Waals surface area contributed by atoms with Gasteiger partial charge in [0.2, 0.25) is 0 Å². The smallest absolute Gasteiger partial charge is 0.420 e. The third-order valence-corrected chi connectivity index (χ3v) is 8.76. The first kappa shape index (κ1) is 31.0. The molecule has 0 saturated heterocycles. The Morgan fingerprint density at radius 1 is 1.09 bits per heavy atom. The van der Waals surface area contributed by atoms with E-state index in [0.717, 1.165) is 16.5 Å². The van der Waals surface area contributed by atoms with Crippen molar-refractivity contribution >= 4 is 39.2 Å². The highest BCUT2D eigenvalue weighted by atomic mass is 35.5. The predicted molar refractivity (Wildman–Crippen MR) is 167 cm³/mol. The molecule has 0 fully saturated rings. The molecule has 3 aromatic carbocycles. The second kappa shape index (κ2) is 12.4. The molecule has 0 saturated carbocycles. The molecule has 3 heterocycles. The van der Waals surface area contributed by atoms with Crippen molar-refractivity contribution in [3.8, 4) is 16.9 Å². The van der Waals surface area contributed by atoms with Gasteiger partial charge in [0.15, 0.2) is 6.10 Å². The lowest BCUT2D eigenvalue weighted by molar-refractivity contribution is -0.225. The third kappa shape index (κ3) is 5.66. The van der Waals surface area contributed by atoms with Crippen molar-refractivity contribution in [1.82, 2.24) is 14.3 Å². The van der Waals surface area contributed by atoms with Crippen LogP contribution in [0, 0.1) is 0 Å². The minimum Gasteiger partial charge on any atom is -0.493 e. The Hall–Kier alpha value is -4.02. The molecule has 2 aromatic heterocycles. The predicted octanol–water partition coefficient (Wildman–Crippen LogP) is 8.53. The number of ether oxygens (including phenoxy) is 2. The molecule has 1 N–H and O–H groups in total. The number of hydrogen-bond donors (Lipinski definition) is 1. The summed E-state index contributed by atoms with van der Waals surface area (Å²) < 4.78 is 58.1. The van der Waals surface area contributed by atoms with E-state index in [4.69, 9.17) is 21.1 Å². The van der Waals surface area contributed by atoms with Crippen LogP contribution >= 0.6 is 11.6 Å². The van der Waals surface area contributed by atoms with Gasteiger partial charge in [-0.05, 0) is 55.2 Å². The molecule has 11 heteroatoms. The lowest BCUT2D eigenvalue weighted by Gasteiger charge is -2.21. The van der Waals surface area contributed by atoms with Gasteiger partial charge >= 0.3 is 12.1 Å². The van der Waals surface area contributed by atoms with Crippen LogP contribution in [0.2, 0.25) is 5.02 Å². The fraction of sp³-hybridized carbons (Fsp3) is 0.353. The fourth-order valence-corrected chi connectivity index (χ4v) is 6.80. The van der Waals surface area contributed by atoms with Crippen molar-refractivity contribution in [2.24, 2.45) is 7.05 Å². The SMILES string of the molecule is CCc1c2c(nn1C)C(C(F)(F)F)OCCCCn1c(C(=O)O)c(CCCOc3cccc4ccccc34)c3ccc(Cl)c-2c31. The van der Waals surface area contributed by atoms with Crippen molar-refractivity contribution in [3.63, 3.8) is 0 Å². The van der Waals surface area contributed by atoms with Crippen molar-refractivity contribution in [2.75, 3.05) is 13.2 Å². The Balaban J connectivity index is 1.48. The molecule has 1 aliphatic rings. The zero-order valence-corrected chi connectivity index (χ0v) is 25.7. The maximum Gasteiger partial charge on any atom is 0.420 e. The Morgan fingerprint density at radius 2 is 1.87 bits per heavy atom. The van der Waals surface area contributed by atoms with E-state index < -0.39 is 18.2 Å². The highest BCUT2D eigenvalue weighted by molar-refractivity contribution is 6.35. The summed E-state index contributed by atoms with van der Waals surface area (Å²) in [6.45, 7) is 2.30. The first-order chi connectivity index (χ1) is 21.6. The number of nitrogens with zero attached hydrogens (tertiary/aromatic N) is 3. The molecule has 0 radical (unpaired) electrons. The van der Waals surface area contributed by atoms with Crippen LogP contribution in [0.1, 0.15) is 59.7 Å². The molecule has 45 heavy (non-hydrogen) atoms. The first-order valence-corrected chi connectivity index (χ1v) is 15.4. The zero-order chi connectivity index (χ0) is 31.9. The average molecular weight is 640 g/mol. The van der Waals surface area contributed by atoms with Gasteiger partial charge in [0.1, 0.15) is 17.1 Å². The minimum atomic E-state index is -4.72. The Morgan fingerprint density at radius 3 is 2.62 bits per heavy atom. The van der Waals surface area contributed by atoms with Gasteiger partial charge in [0, 0.05) is 47.8 Å². The van der Waals surface area contributed by atoms with Gasteiger partial charge in [-0.1, -0.05) is 61.0 Å². The molecule has 0 bridgehead atoms. The zero-order valence-electron chi connectivity index (χ0n) is 25.0. The van der Waals surface area contributed by atoms with Gasteiger partial charge in [-0.15, -0.1) is 0 Å². The maximum atomic E-state index is 14.5. The van der Waals surface area contributed by atoms with Gasteiger partial charge < -0.3 is 19.1 Å². The number of benzene rings is 3. The van der Waals surface area contributed by atoms with Crippen LogP contribution in [0.4, 0.5) is 13.2 Å². The molecule has 6 rings (SSSR count). The van der Waals surface area contributed by atoms with Crippen molar-refractivity contribution in [3.05, 3.63) is 82.3 Å². The summed E-state index contributed by atoms with van der Waals surface area (Å²) in [6.07, 6.45) is -4.98. The van der Waals surface area contributed by atoms with E-state index in [0.29, 0.717) is 66.4 Å². The summed E-state index contributed by atoms with van der Waals surface area (Å²) in [5, 5.41) is 17.8. The number of alkyl halides is 3. The molecule has 1 unspecified atom stereocenters. The minimum absolute atomic E-state index is 0.106. The molecule has 0 aliphatic carbocycles. The molecular formula is C34H33ClF3N3O4. The number of fused-ring (bicyclic) bond motifs is 3. The van der Waals surface area contributed by atoms with Gasteiger partial charge in [0.05, 0.1) is 17.1 Å². The van der Waals surface area contributed by atoms with Crippen LogP contribution in [0.15, 0.2) is 54.6 Å². The molecule has 236 valence electrons. The molecule has 1 aliphatic heterocycles. The number of aromatic carboxylic acids is 1. The van der Waals surface area contributed by atoms with E-state index in [9.17, 15) is 23.1 Å². The molecular weight excluding hydrogens is 607 g/mol. The van der Waals surface area contributed by atoms with Crippen LogP contribution in [-0.2, 0) is 31.2 Å². The van der Waals surface area contributed by atoms with Gasteiger partial charge in [-0.2, -0.15) is 18.3 Å². The van der Waals surface area contributed by atoms with Gasteiger partial charge in [-0.3, -0.25) is 4.68 Å². The van der Waals surface area contributed by atoms with E-state index in [1.165, 1.54) is 4.68 Å². The van der Waals surface area contributed by atoms with Crippen LogP contribution in [-0.4, -0.2) is 44.8 Å². The highest BCUT2D eigenvalue weighted by Gasteiger charge is 2.46. The second-order valence-corrected chi connectivity index (χ2v) is 11.6. The summed E-state index contributed by atoms with van der Waals surface area (Å²) >= 11 is 6.84. The lowest BCUT2D eigenvalue weighted by atomic mass is 9.95. The fourth-order valence-electron chi connectivity index (χ4n) is 6.55. The van der Waals surface area contributed by atoms with Gasteiger partial charge in [-0.25, -0.2) is 4.79 Å². The molecule has 0 amide bonds. The Bertz CT molecular complexity index is 1890. The summed E-state index contributed by atoms with van der Waals surface area (Å²) in [5.74, 6) is -0.366. The topological polar surface area (TPSA) is 78.5 Å². The van der Waals surface area contributed by atoms with Crippen molar-refractivity contribution in [1.29, 1.82) is 0 Å². The normalized spacial score (nSPS) is 15.6. The average Bonchev–Trinajstić information content (AvgIpc) is 3.48. The number of halogens is 4. The molecule has 1 atom stereocenters. The number of rotatable bonds is 7. The number of carboxylic acids is 1. The van der Waals surface area contributed by atoms with Crippen molar-refractivity contribution < 1.29 is 32.5 Å². The molecule has 5 aromatic rings. The monoisotopic (exact) mass is 639 g/mol. The summed E-state index contributed by atoms with van der Waals surface area (Å²) in [6, 6.07) is 17.2. The Kier molecular flexibility index (Phi) is 8.54. The number of carbonyl (C=O) groups is 1. The summed E-state index contributed by atoms with van der Waals surface area (Å²) in [5.41, 5.74) is 2.06. The number of carboxylic acid groups (broad SMARTS) is 1. The third-order valence-electron chi connectivity index (χ3n) is 8.44. The van der Waals surface area contributed by atoms with E-state index in [-0.39, 0.29) is 35.1 Å². The standard InChI is InChI=1S/C34H33ClF3N3O4/c1-3-25-28-27-24(35)16-15-23-22(13-9-19-44-26-14-8-11-20-10-4-5-12-21(20)26)31(33(42)43)41(30(23)27)17-6-7-18-45-32(34(36,37)38)29(28)39-40(25)2/h4-5,8,10-12,14-16,32H,3,6-7,9,13,17-19H2,1-2H3,(H,42,43). The molecule has 7 nitrogen and oxygen atoms in total. The maximum absolute atomic E-state index is 14.5. The first-order valence-electron chi connectivity index (χ1n) is 15.0. The lowest BCUT2D eigenvalue weighted by Crippen LogP contribution is -2.25. The highest BCUT2D eigenvalue weighted by Crippen LogP contribution is 2.47. The Labute approximate surface area is 263 Å². The van der Waals surface area contributed by atoms with E-state index in [2.05, 4.69) is 5.10 Å². The quantitative estimate of drug-likeness (QED) is 0.181. The molecule has 0 spiro atoms. The second-order valence-electron chi connectivity index (χ2n) is 11.2. The van der Waals surface area contributed by atoms with E-state index in [1.54, 1.807) is 23.7 Å².